The minimum Gasteiger partial charge on any atom is -0.315 e. The first-order valence-electron chi connectivity index (χ1n) is 6.19. The summed E-state index contributed by atoms with van der Waals surface area (Å²) in [4.78, 5) is 0. The fourth-order valence-electron chi connectivity index (χ4n) is 2.25. The van der Waals surface area contributed by atoms with Crippen LogP contribution in [0, 0.1) is 11.7 Å². The fourth-order valence-corrected chi connectivity index (χ4v) is 2.76. The summed E-state index contributed by atoms with van der Waals surface area (Å²) in [7, 11) is 0. The van der Waals surface area contributed by atoms with Gasteiger partial charge in [0.15, 0.2) is 0 Å². The van der Waals surface area contributed by atoms with E-state index in [0.29, 0.717) is 12.0 Å². The zero-order chi connectivity index (χ0) is 12.8. The van der Waals surface area contributed by atoms with Crippen LogP contribution < -0.4 is 5.32 Å². The highest BCUT2D eigenvalue weighted by molar-refractivity contribution is 9.10. The van der Waals surface area contributed by atoms with Gasteiger partial charge in [0.1, 0.15) is 5.82 Å². The van der Waals surface area contributed by atoms with Gasteiger partial charge in [0.2, 0.25) is 0 Å². The van der Waals surface area contributed by atoms with Crippen molar-refractivity contribution in [1.82, 2.24) is 5.32 Å². The first kappa shape index (κ1) is 14.7. The van der Waals surface area contributed by atoms with Crippen LogP contribution in [0.1, 0.15) is 32.8 Å². The maximum absolute atomic E-state index is 13.2. The Balaban J connectivity index is 2.52. The summed E-state index contributed by atoms with van der Waals surface area (Å²) in [5, 5.41) is 3.40. The first-order valence-corrected chi connectivity index (χ1v) is 6.99. The highest BCUT2D eigenvalue weighted by Gasteiger charge is 2.09. The molecule has 2 atom stereocenters. The number of halogens is 2. The van der Waals surface area contributed by atoms with Crippen molar-refractivity contribution in [2.24, 2.45) is 5.92 Å². The van der Waals surface area contributed by atoms with Crippen molar-refractivity contribution in [3.05, 3.63) is 34.1 Å². The van der Waals surface area contributed by atoms with Gasteiger partial charge < -0.3 is 5.32 Å². The van der Waals surface area contributed by atoms with Crippen molar-refractivity contribution in [2.75, 3.05) is 6.54 Å². The maximum Gasteiger partial charge on any atom is 0.124 e. The third kappa shape index (κ3) is 5.64. The van der Waals surface area contributed by atoms with Gasteiger partial charge in [-0.15, -0.1) is 0 Å². The Labute approximate surface area is 112 Å². The molecular weight excluding hydrogens is 281 g/mol. The van der Waals surface area contributed by atoms with E-state index >= 15 is 0 Å². The Kier molecular flexibility index (Phi) is 6.14. The van der Waals surface area contributed by atoms with Crippen molar-refractivity contribution in [3.63, 3.8) is 0 Å². The molecule has 0 amide bonds. The molecule has 1 rings (SSSR count). The second kappa shape index (κ2) is 7.12. The summed E-state index contributed by atoms with van der Waals surface area (Å²) in [5.41, 5.74) is 1.06. The van der Waals surface area contributed by atoms with E-state index in [2.05, 4.69) is 42.0 Å². The van der Waals surface area contributed by atoms with E-state index in [1.807, 2.05) is 6.07 Å². The molecule has 0 saturated heterocycles. The molecule has 0 aliphatic carbocycles. The standard InChI is InChI=1S/C14H21BrFN/c1-4-17-11(3)5-10(2)6-12-7-13(15)9-14(16)8-12/h7-11,17H,4-6H2,1-3H3. The van der Waals surface area contributed by atoms with Crippen LogP contribution in [0.2, 0.25) is 0 Å². The first-order chi connectivity index (χ1) is 8.01. The lowest BCUT2D eigenvalue weighted by atomic mass is 9.95. The lowest BCUT2D eigenvalue weighted by Gasteiger charge is -2.18. The van der Waals surface area contributed by atoms with Crippen LogP contribution in [-0.2, 0) is 6.42 Å². The molecule has 1 aromatic rings. The van der Waals surface area contributed by atoms with Crippen LogP contribution in [0.15, 0.2) is 22.7 Å². The zero-order valence-electron chi connectivity index (χ0n) is 10.8. The summed E-state index contributed by atoms with van der Waals surface area (Å²) >= 11 is 3.33. The Hall–Kier alpha value is -0.410. The summed E-state index contributed by atoms with van der Waals surface area (Å²) in [6.45, 7) is 7.53. The third-order valence-corrected chi connectivity index (χ3v) is 3.27. The van der Waals surface area contributed by atoms with Gasteiger partial charge in [-0.1, -0.05) is 29.8 Å². The monoisotopic (exact) mass is 301 g/mol. The van der Waals surface area contributed by atoms with Gasteiger partial charge in [-0.05, 0) is 56.0 Å². The lowest BCUT2D eigenvalue weighted by Crippen LogP contribution is -2.27. The molecule has 0 aliphatic rings. The van der Waals surface area contributed by atoms with Gasteiger partial charge in [0.05, 0.1) is 0 Å². The third-order valence-electron chi connectivity index (χ3n) is 2.82. The molecule has 0 aliphatic heterocycles. The molecule has 1 nitrogen and oxygen atoms in total. The Morgan fingerprint density at radius 2 is 2.00 bits per heavy atom. The molecule has 2 unspecified atom stereocenters. The van der Waals surface area contributed by atoms with Crippen LogP contribution in [0.3, 0.4) is 0 Å². The molecule has 0 heterocycles. The van der Waals surface area contributed by atoms with Crippen molar-refractivity contribution in [2.45, 2.75) is 39.7 Å². The molecule has 0 saturated carbocycles. The summed E-state index contributed by atoms with van der Waals surface area (Å²) in [6, 6.07) is 5.64. The molecule has 17 heavy (non-hydrogen) atoms. The van der Waals surface area contributed by atoms with Gasteiger partial charge in [-0.25, -0.2) is 4.39 Å². The molecule has 96 valence electrons. The minimum absolute atomic E-state index is 0.165. The van der Waals surface area contributed by atoms with E-state index in [1.54, 1.807) is 6.07 Å². The second-order valence-corrected chi connectivity index (χ2v) is 5.70. The molecule has 1 N–H and O–H groups in total. The Morgan fingerprint density at radius 1 is 1.29 bits per heavy atom. The summed E-state index contributed by atoms with van der Waals surface area (Å²) in [5.74, 6) is 0.388. The number of nitrogens with one attached hydrogen (secondary N) is 1. The van der Waals surface area contributed by atoms with E-state index in [0.717, 1.165) is 29.4 Å². The van der Waals surface area contributed by atoms with Gasteiger partial charge in [-0.3, -0.25) is 0 Å². The molecule has 0 fully saturated rings. The molecule has 0 aromatic heterocycles. The number of hydrogen-bond acceptors (Lipinski definition) is 1. The molecule has 1 aromatic carbocycles. The van der Waals surface area contributed by atoms with Crippen LogP contribution >= 0.6 is 15.9 Å². The summed E-state index contributed by atoms with van der Waals surface area (Å²) < 4.78 is 14.0. The van der Waals surface area contributed by atoms with E-state index in [9.17, 15) is 4.39 Å². The van der Waals surface area contributed by atoms with Gasteiger partial charge in [0, 0.05) is 10.5 Å². The van der Waals surface area contributed by atoms with Crippen LogP contribution in [0.5, 0.6) is 0 Å². The molecular formula is C14H21BrFN. The van der Waals surface area contributed by atoms with E-state index < -0.39 is 0 Å². The van der Waals surface area contributed by atoms with E-state index in [-0.39, 0.29) is 5.82 Å². The van der Waals surface area contributed by atoms with Crippen molar-refractivity contribution >= 4 is 15.9 Å². The quantitative estimate of drug-likeness (QED) is 0.832. The van der Waals surface area contributed by atoms with Crippen molar-refractivity contribution < 1.29 is 4.39 Å². The van der Waals surface area contributed by atoms with Crippen molar-refractivity contribution in [1.29, 1.82) is 0 Å². The number of benzene rings is 1. The van der Waals surface area contributed by atoms with E-state index in [4.69, 9.17) is 0 Å². The Bertz CT molecular complexity index is 334. The van der Waals surface area contributed by atoms with Crippen LogP contribution in [-0.4, -0.2) is 12.6 Å². The SMILES string of the molecule is CCNC(C)CC(C)Cc1cc(F)cc(Br)c1. The predicted molar refractivity (Wildman–Crippen MR) is 74.7 cm³/mol. The molecule has 0 spiro atoms. The van der Waals surface area contributed by atoms with Gasteiger partial charge in [0.25, 0.3) is 0 Å². The summed E-state index contributed by atoms with van der Waals surface area (Å²) in [6.07, 6.45) is 2.04. The Morgan fingerprint density at radius 3 is 2.59 bits per heavy atom. The van der Waals surface area contributed by atoms with Crippen molar-refractivity contribution in [3.8, 4) is 0 Å². The number of hydrogen-bond donors (Lipinski definition) is 1. The lowest BCUT2D eigenvalue weighted by molar-refractivity contribution is 0.425. The molecule has 3 heteroatoms. The highest BCUT2D eigenvalue weighted by atomic mass is 79.9. The number of rotatable bonds is 6. The average Bonchev–Trinajstić information content (AvgIpc) is 2.14. The topological polar surface area (TPSA) is 12.0 Å². The minimum atomic E-state index is -0.165. The maximum atomic E-state index is 13.2. The van der Waals surface area contributed by atoms with E-state index in [1.165, 1.54) is 6.07 Å². The predicted octanol–water partition coefficient (Wildman–Crippen LogP) is 4.15. The highest BCUT2D eigenvalue weighted by Crippen LogP contribution is 2.19. The molecule has 0 bridgehead atoms. The van der Waals surface area contributed by atoms with Gasteiger partial charge in [-0.2, -0.15) is 0 Å². The van der Waals surface area contributed by atoms with Gasteiger partial charge >= 0.3 is 0 Å². The molecule has 0 radical (unpaired) electrons. The largest absolute Gasteiger partial charge is 0.315 e. The smallest absolute Gasteiger partial charge is 0.124 e. The normalized spacial score (nSPS) is 14.6. The second-order valence-electron chi connectivity index (χ2n) is 4.78. The zero-order valence-corrected chi connectivity index (χ0v) is 12.3. The van der Waals surface area contributed by atoms with Crippen LogP contribution in [0.25, 0.3) is 0 Å². The average molecular weight is 302 g/mol. The fraction of sp³-hybridized carbons (Fsp3) is 0.571. The van der Waals surface area contributed by atoms with Crippen LogP contribution in [0.4, 0.5) is 4.39 Å².